The first kappa shape index (κ1) is 23.3. The number of alkyl halides is 2. The van der Waals surface area contributed by atoms with Crippen molar-refractivity contribution >= 4 is 23.8 Å². The number of nitrogens with one attached hydrogen (secondary N) is 2. The van der Waals surface area contributed by atoms with Crippen molar-refractivity contribution in [2.24, 2.45) is 0 Å². The number of Topliss-reactive ketones (excluding diaryl/α,β-unsaturated/α-hetero) is 1. The van der Waals surface area contributed by atoms with Gasteiger partial charge in [0.2, 0.25) is 5.92 Å². The number of hydrogen-bond acceptors (Lipinski definition) is 5. The molecule has 2 heterocycles. The van der Waals surface area contributed by atoms with Crippen molar-refractivity contribution in [3.8, 4) is 11.1 Å². The number of ketones is 1. The van der Waals surface area contributed by atoms with Crippen molar-refractivity contribution in [3.05, 3.63) is 53.9 Å². The molecule has 1 aliphatic carbocycles. The number of aromatic nitrogens is 1. The maximum atomic E-state index is 13.5. The van der Waals surface area contributed by atoms with Crippen molar-refractivity contribution in [1.29, 1.82) is 0 Å². The van der Waals surface area contributed by atoms with Gasteiger partial charge in [0.05, 0.1) is 18.8 Å². The summed E-state index contributed by atoms with van der Waals surface area (Å²) in [4.78, 5) is 53.8. The Balaban J connectivity index is 1.46. The van der Waals surface area contributed by atoms with Crippen molar-refractivity contribution in [1.82, 2.24) is 20.5 Å². The van der Waals surface area contributed by atoms with Gasteiger partial charge in [-0.3, -0.25) is 19.5 Å². The average Bonchev–Trinajstić information content (AvgIpc) is 3.04. The fourth-order valence-corrected chi connectivity index (χ4v) is 4.27. The van der Waals surface area contributed by atoms with Gasteiger partial charge in [0.15, 0.2) is 5.78 Å². The molecule has 9 nitrogen and oxygen atoms in total. The maximum Gasteiger partial charge on any atom is 0.404 e. The lowest BCUT2D eigenvalue weighted by Crippen LogP contribution is -2.51. The smallest absolute Gasteiger partial charge is 0.404 e. The third-order valence-corrected chi connectivity index (χ3v) is 6.20. The minimum absolute atomic E-state index is 0.00601. The van der Waals surface area contributed by atoms with Crippen LogP contribution >= 0.6 is 0 Å². The second-order valence-electron chi connectivity index (χ2n) is 8.42. The third-order valence-electron chi connectivity index (χ3n) is 6.20. The molecule has 4 rings (SSSR count). The summed E-state index contributed by atoms with van der Waals surface area (Å²) in [5.41, 5.74) is 0.773. The number of nitrogens with zero attached hydrogens (tertiary/aromatic N) is 2. The Morgan fingerprint density at radius 2 is 1.76 bits per heavy atom. The van der Waals surface area contributed by atoms with E-state index in [0.29, 0.717) is 16.8 Å². The summed E-state index contributed by atoms with van der Waals surface area (Å²) in [6.45, 7) is -0.491. The fourth-order valence-electron chi connectivity index (χ4n) is 4.27. The van der Waals surface area contributed by atoms with Gasteiger partial charge in [-0.1, -0.05) is 30.3 Å². The summed E-state index contributed by atoms with van der Waals surface area (Å²) in [6, 6.07) is 9.10. The predicted molar refractivity (Wildman–Crippen MR) is 115 cm³/mol. The standard InChI is InChI=1S/C23H22F2N4O5/c24-23(25)9-7-22(8-10-23)19(31)29(20(32)28-22)13-18(30)15-5-3-14(4-6-15)16-2-1-11-26-17(16)12-27-21(33)34/h1-6,11,27H,7-10,12-13H2,(H,28,32)(H,33,34). The lowest BCUT2D eigenvalue weighted by molar-refractivity contribution is -0.135. The van der Waals surface area contributed by atoms with Crippen LogP contribution in [0, 0.1) is 0 Å². The fraction of sp³-hybridized carbons (Fsp3) is 0.348. The topological polar surface area (TPSA) is 129 Å². The Morgan fingerprint density at radius 1 is 1.09 bits per heavy atom. The Morgan fingerprint density at radius 3 is 2.41 bits per heavy atom. The molecular weight excluding hydrogens is 450 g/mol. The number of benzene rings is 1. The SMILES string of the molecule is O=C(O)NCc1ncccc1-c1ccc(C(=O)CN2C(=O)NC3(CCC(F)(F)CC3)C2=O)cc1. The van der Waals surface area contributed by atoms with E-state index in [-0.39, 0.29) is 24.9 Å². The third kappa shape index (κ3) is 4.59. The second kappa shape index (κ2) is 8.81. The van der Waals surface area contributed by atoms with E-state index < -0.39 is 54.7 Å². The monoisotopic (exact) mass is 472 g/mol. The summed E-state index contributed by atoms with van der Waals surface area (Å²) < 4.78 is 27.1. The van der Waals surface area contributed by atoms with E-state index in [1.807, 2.05) is 0 Å². The molecule has 1 aromatic carbocycles. The van der Waals surface area contributed by atoms with Crippen LogP contribution in [0.1, 0.15) is 41.7 Å². The number of pyridine rings is 1. The Bertz CT molecular complexity index is 1140. The highest BCUT2D eigenvalue weighted by molar-refractivity contribution is 6.11. The molecule has 0 atom stereocenters. The minimum atomic E-state index is -2.86. The number of amides is 4. The highest BCUT2D eigenvalue weighted by Crippen LogP contribution is 2.41. The number of urea groups is 1. The number of carbonyl (C=O) groups is 4. The van der Waals surface area contributed by atoms with Gasteiger partial charge in [-0.15, -0.1) is 0 Å². The molecule has 0 bridgehead atoms. The van der Waals surface area contributed by atoms with Crippen LogP contribution in [-0.2, 0) is 11.3 Å². The molecule has 3 N–H and O–H groups in total. The summed E-state index contributed by atoms with van der Waals surface area (Å²) in [5, 5.41) is 13.6. The molecule has 1 aliphatic heterocycles. The Hall–Kier alpha value is -3.89. The van der Waals surface area contributed by atoms with E-state index in [0.717, 1.165) is 4.90 Å². The Kier molecular flexibility index (Phi) is 6.03. The van der Waals surface area contributed by atoms with Gasteiger partial charge in [0, 0.05) is 30.2 Å². The van der Waals surface area contributed by atoms with Crippen molar-refractivity contribution < 1.29 is 33.1 Å². The van der Waals surface area contributed by atoms with Crippen LogP contribution in [0.2, 0.25) is 0 Å². The van der Waals surface area contributed by atoms with Crippen LogP contribution in [0.3, 0.4) is 0 Å². The van der Waals surface area contributed by atoms with Crippen LogP contribution in [0.25, 0.3) is 11.1 Å². The number of imide groups is 1. The average molecular weight is 472 g/mol. The maximum absolute atomic E-state index is 13.5. The van der Waals surface area contributed by atoms with E-state index >= 15 is 0 Å². The number of carbonyl (C=O) groups excluding carboxylic acids is 3. The first-order valence-electron chi connectivity index (χ1n) is 10.7. The number of carboxylic acid groups (broad SMARTS) is 1. The summed E-state index contributed by atoms with van der Waals surface area (Å²) in [5.74, 6) is -3.99. The lowest BCUT2D eigenvalue weighted by atomic mass is 9.80. The van der Waals surface area contributed by atoms with E-state index in [9.17, 15) is 28.0 Å². The second-order valence-corrected chi connectivity index (χ2v) is 8.42. The minimum Gasteiger partial charge on any atom is -0.465 e. The van der Waals surface area contributed by atoms with Gasteiger partial charge >= 0.3 is 12.1 Å². The van der Waals surface area contributed by atoms with Crippen LogP contribution in [0.4, 0.5) is 18.4 Å². The molecule has 11 heteroatoms. The molecule has 34 heavy (non-hydrogen) atoms. The molecule has 2 aromatic rings. The molecule has 4 amide bonds. The molecular formula is C23H22F2N4O5. The van der Waals surface area contributed by atoms with Gasteiger partial charge in [0.1, 0.15) is 5.54 Å². The molecule has 1 saturated carbocycles. The highest BCUT2D eigenvalue weighted by atomic mass is 19.3. The highest BCUT2D eigenvalue weighted by Gasteiger charge is 2.55. The summed E-state index contributed by atoms with van der Waals surface area (Å²) in [6.07, 6.45) is -0.982. The van der Waals surface area contributed by atoms with E-state index in [1.165, 1.54) is 12.1 Å². The molecule has 1 saturated heterocycles. The zero-order chi connectivity index (χ0) is 24.5. The predicted octanol–water partition coefficient (Wildman–Crippen LogP) is 3.20. The van der Waals surface area contributed by atoms with Gasteiger partial charge in [-0.2, -0.15) is 0 Å². The number of hydrogen-bond donors (Lipinski definition) is 3. The van der Waals surface area contributed by atoms with E-state index in [4.69, 9.17) is 5.11 Å². The molecule has 2 aliphatic rings. The van der Waals surface area contributed by atoms with E-state index in [1.54, 1.807) is 30.5 Å². The van der Waals surface area contributed by atoms with Gasteiger partial charge < -0.3 is 15.7 Å². The lowest BCUT2D eigenvalue weighted by Gasteiger charge is -2.34. The molecule has 2 fully saturated rings. The van der Waals surface area contributed by atoms with Crippen molar-refractivity contribution in [2.75, 3.05) is 6.54 Å². The molecule has 1 aromatic heterocycles. The van der Waals surface area contributed by atoms with Crippen molar-refractivity contribution in [2.45, 2.75) is 43.7 Å². The molecule has 1 spiro atoms. The first-order chi connectivity index (χ1) is 16.1. The summed E-state index contributed by atoms with van der Waals surface area (Å²) >= 11 is 0. The number of halogens is 2. The van der Waals surface area contributed by atoms with Crippen LogP contribution in [-0.4, -0.2) is 56.8 Å². The zero-order valence-corrected chi connectivity index (χ0v) is 18.0. The first-order valence-corrected chi connectivity index (χ1v) is 10.7. The summed E-state index contributed by atoms with van der Waals surface area (Å²) in [7, 11) is 0. The Labute approximate surface area is 193 Å². The number of rotatable bonds is 6. The quantitative estimate of drug-likeness (QED) is 0.438. The van der Waals surface area contributed by atoms with Crippen LogP contribution in [0.5, 0.6) is 0 Å². The van der Waals surface area contributed by atoms with Crippen molar-refractivity contribution in [3.63, 3.8) is 0 Å². The van der Waals surface area contributed by atoms with Crippen LogP contribution < -0.4 is 10.6 Å². The molecule has 0 unspecified atom stereocenters. The van der Waals surface area contributed by atoms with E-state index in [2.05, 4.69) is 15.6 Å². The van der Waals surface area contributed by atoms with Gasteiger partial charge in [0.25, 0.3) is 5.91 Å². The molecule has 178 valence electrons. The van der Waals surface area contributed by atoms with Gasteiger partial charge in [-0.25, -0.2) is 18.4 Å². The molecule has 0 radical (unpaired) electrons. The zero-order valence-electron chi connectivity index (χ0n) is 18.0. The largest absolute Gasteiger partial charge is 0.465 e. The van der Waals surface area contributed by atoms with Gasteiger partial charge in [-0.05, 0) is 24.5 Å². The van der Waals surface area contributed by atoms with Crippen LogP contribution in [0.15, 0.2) is 42.6 Å². The normalized spacial score (nSPS) is 18.6.